The predicted molar refractivity (Wildman–Crippen MR) is 66.6 cm³/mol. The summed E-state index contributed by atoms with van der Waals surface area (Å²) in [5, 5.41) is 1.98. The second-order valence-electron chi connectivity index (χ2n) is 4.26. The molecule has 0 aromatic heterocycles. The number of alkyl halides is 3. The zero-order chi connectivity index (χ0) is 14.6. The molecule has 1 aromatic carbocycles. The lowest BCUT2D eigenvalue weighted by Crippen LogP contribution is -2.46. The molecular weight excluding hydrogens is 273 g/mol. The van der Waals surface area contributed by atoms with Crippen LogP contribution in [-0.2, 0) is 4.74 Å². The van der Waals surface area contributed by atoms with Gasteiger partial charge in [0, 0.05) is 5.56 Å². The third-order valence-electron chi connectivity index (χ3n) is 2.76. The van der Waals surface area contributed by atoms with E-state index in [0.717, 1.165) is 0 Å². The van der Waals surface area contributed by atoms with Gasteiger partial charge >= 0.3 is 6.18 Å². The Morgan fingerprint density at radius 3 is 2.60 bits per heavy atom. The number of carbonyl (C=O) groups excluding carboxylic acids is 1. The Bertz CT molecular complexity index is 500. The van der Waals surface area contributed by atoms with Crippen molar-refractivity contribution < 1.29 is 22.7 Å². The molecule has 7 heteroatoms. The Morgan fingerprint density at radius 1 is 1.35 bits per heavy atom. The summed E-state index contributed by atoms with van der Waals surface area (Å²) in [5.41, 5.74) is 0.177. The Labute approximate surface area is 113 Å². The Kier molecular flexibility index (Phi) is 4.26. The van der Waals surface area contributed by atoms with E-state index in [1.54, 1.807) is 18.2 Å². The van der Waals surface area contributed by atoms with Gasteiger partial charge in [-0.3, -0.25) is 9.79 Å². The lowest BCUT2D eigenvalue weighted by atomic mass is 10.1. The first-order valence-corrected chi connectivity index (χ1v) is 6.05. The second-order valence-corrected chi connectivity index (χ2v) is 4.26. The van der Waals surface area contributed by atoms with E-state index in [9.17, 15) is 18.0 Å². The van der Waals surface area contributed by atoms with Crippen molar-refractivity contribution in [1.82, 2.24) is 5.32 Å². The summed E-state index contributed by atoms with van der Waals surface area (Å²) in [4.78, 5) is 15.6. The largest absolute Gasteiger partial charge is 0.479 e. The minimum Gasteiger partial charge on any atom is -0.479 e. The van der Waals surface area contributed by atoms with E-state index < -0.39 is 24.5 Å². The summed E-state index contributed by atoms with van der Waals surface area (Å²) in [6.07, 6.45) is -5.04. The molecule has 0 aliphatic carbocycles. The molecule has 0 radical (unpaired) electrons. The first-order chi connectivity index (χ1) is 9.47. The number of nitrogens with one attached hydrogen (secondary N) is 1. The number of rotatable bonds is 4. The van der Waals surface area contributed by atoms with E-state index in [1.165, 1.54) is 12.1 Å². The van der Waals surface area contributed by atoms with Crippen molar-refractivity contribution in [2.45, 2.75) is 18.6 Å². The van der Waals surface area contributed by atoms with E-state index in [4.69, 9.17) is 4.74 Å². The number of ether oxygens (including phenoxy) is 1. The average molecular weight is 286 g/mol. The molecule has 0 fully saturated rings. The highest BCUT2D eigenvalue weighted by Gasteiger charge is 2.42. The van der Waals surface area contributed by atoms with Gasteiger partial charge < -0.3 is 10.1 Å². The van der Waals surface area contributed by atoms with Crippen LogP contribution >= 0.6 is 0 Å². The number of halogens is 3. The quantitative estimate of drug-likeness (QED) is 0.922. The number of hydrogen-bond donors (Lipinski definition) is 1. The first kappa shape index (κ1) is 14.4. The summed E-state index contributed by atoms with van der Waals surface area (Å²) in [5.74, 6) is -0.743. The summed E-state index contributed by atoms with van der Waals surface area (Å²) in [7, 11) is 0. The fourth-order valence-electron chi connectivity index (χ4n) is 1.76. The van der Waals surface area contributed by atoms with Gasteiger partial charge in [-0.15, -0.1) is 0 Å². The summed E-state index contributed by atoms with van der Waals surface area (Å²) in [6, 6.07) is 5.74. The van der Waals surface area contributed by atoms with Crippen LogP contribution in [0.15, 0.2) is 35.3 Å². The van der Waals surface area contributed by atoms with Crippen LogP contribution in [0.5, 0.6) is 0 Å². The monoisotopic (exact) mass is 286 g/mol. The molecule has 1 heterocycles. The molecule has 0 spiro atoms. The Hall–Kier alpha value is -2.05. The van der Waals surface area contributed by atoms with Gasteiger partial charge in [0.1, 0.15) is 12.6 Å². The Morgan fingerprint density at radius 2 is 2.05 bits per heavy atom. The third kappa shape index (κ3) is 3.72. The van der Waals surface area contributed by atoms with Crippen molar-refractivity contribution in [3.8, 4) is 0 Å². The molecule has 1 amide bonds. The normalized spacial score (nSPS) is 16.2. The molecule has 1 atom stereocenters. The molecule has 1 unspecified atom stereocenters. The van der Waals surface area contributed by atoms with Crippen LogP contribution in [-0.4, -0.2) is 37.2 Å². The number of carbonyl (C=O) groups is 1. The van der Waals surface area contributed by atoms with Crippen LogP contribution in [0.1, 0.15) is 16.8 Å². The molecule has 1 N–H and O–H groups in total. The van der Waals surface area contributed by atoms with Crippen molar-refractivity contribution in [2.75, 3.05) is 13.2 Å². The molecule has 1 aromatic rings. The maximum Gasteiger partial charge on any atom is 0.409 e. The molecule has 2 rings (SSSR count). The molecule has 108 valence electrons. The maximum absolute atomic E-state index is 12.9. The van der Waals surface area contributed by atoms with Crippen LogP contribution in [0.4, 0.5) is 13.2 Å². The molecule has 0 saturated heterocycles. The number of amides is 1. The zero-order valence-electron chi connectivity index (χ0n) is 10.5. The molecular formula is C13H13F3N2O2. The van der Waals surface area contributed by atoms with Gasteiger partial charge in [0.15, 0.2) is 5.90 Å². The SMILES string of the molecule is O=C(NC(CC1=NCCO1)C(F)(F)F)c1ccccc1. The summed E-state index contributed by atoms with van der Waals surface area (Å²) >= 11 is 0. The molecule has 20 heavy (non-hydrogen) atoms. The summed E-state index contributed by atoms with van der Waals surface area (Å²) < 4.78 is 43.7. The number of nitrogens with zero attached hydrogens (tertiary/aromatic N) is 1. The fourth-order valence-corrected chi connectivity index (χ4v) is 1.76. The van der Waals surface area contributed by atoms with Crippen molar-refractivity contribution in [2.24, 2.45) is 4.99 Å². The van der Waals surface area contributed by atoms with E-state index >= 15 is 0 Å². The van der Waals surface area contributed by atoms with Crippen LogP contribution in [0.3, 0.4) is 0 Å². The fraction of sp³-hybridized carbons (Fsp3) is 0.385. The van der Waals surface area contributed by atoms with Gasteiger partial charge in [-0.25, -0.2) is 0 Å². The van der Waals surface area contributed by atoms with Crippen LogP contribution in [0.25, 0.3) is 0 Å². The predicted octanol–water partition coefficient (Wildman–Crippen LogP) is 2.17. The van der Waals surface area contributed by atoms with Gasteiger partial charge in [0.2, 0.25) is 0 Å². The average Bonchev–Trinajstić information content (AvgIpc) is 2.91. The number of benzene rings is 1. The number of aliphatic imine (C=N–C) groups is 1. The van der Waals surface area contributed by atoms with Gasteiger partial charge in [-0.1, -0.05) is 18.2 Å². The molecule has 0 bridgehead atoms. The Balaban J connectivity index is 2.06. The van der Waals surface area contributed by atoms with Crippen molar-refractivity contribution in [3.05, 3.63) is 35.9 Å². The van der Waals surface area contributed by atoms with Crippen molar-refractivity contribution in [1.29, 1.82) is 0 Å². The lowest BCUT2D eigenvalue weighted by Gasteiger charge is -2.21. The molecule has 4 nitrogen and oxygen atoms in total. The van der Waals surface area contributed by atoms with E-state index in [2.05, 4.69) is 4.99 Å². The van der Waals surface area contributed by atoms with Crippen LogP contribution in [0, 0.1) is 0 Å². The minimum absolute atomic E-state index is 0.0284. The smallest absolute Gasteiger partial charge is 0.409 e. The lowest BCUT2D eigenvalue weighted by molar-refractivity contribution is -0.152. The van der Waals surface area contributed by atoms with Crippen molar-refractivity contribution >= 4 is 11.8 Å². The molecule has 0 saturated carbocycles. The van der Waals surface area contributed by atoms with Gasteiger partial charge in [-0.2, -0.15) is 13.2 Å². The zero-order valence-corrected chi connectivity index (χ0v) is 10.5. The van der Waals surface area contributed by atoms with Crippen LogP contribution in [0.2, 0.25) is 0 Å². The van der Waals surface area contributed by atoms with E-state index in [-0.39, 0.29) is 18.1 Å². The molecule has 1 aliphatic rings. The highest BCUT2D eigenvalue weighted by atomic mass is 19.4. The second kappa shape index (κ2) is 5.94. The number of hydrogen-bond acceptors (Lipinski definition) is 3. The van der Waals surface area contributed by atoms with Crippen molar-refractivity contribution in [3.63, 3.8) is 0 Å². The van der Waals surface area contributed by atoms with E-state index in [1.807, 2.05) is 5.32 Å². The van der Waals surface area contributed by atoms with Crippen LogP contribution < -0.4 is 5.32 Å². The minimum atomic E-state index is -4.56. The highest BCUT2D eigenvalue weighted by molar-refractivity contribution is 5.94. The van der Waals surface area contributed by atoms with E-state index in [0.29, 0.717) is 6.54 Å². The first-order valence-electron chi connectivity index (χ1n) is 6.05. The molecule has 1 aliphatic heterocycles. The topological polar surface area (TPSA) is 50.7 Å². The van der Waals surface area contributed by atoms with Gasteiger partial charge in [0.05, 0.1) is 13.0 Å². The van der Waals surface area contributed by atoms with Gasteiger partial charge in [-0.05, 0) is 12.1 Å². The summed E-state index contributed by atoms with van der Waals surface area (Å²) in [6.45, 7) is 0.638. The maximum atomic E-state index is 12.9. The standard InChI is InChI=1S/C13H13F3N2O2/c14-13(15,16)10(8-11-17-6-7-20-11)18-12(19)9-4-2-1-3-5-9/h1-5,10H,6-8H2,(H,18,19). The highest BCUT2D eigenvalue weighted by Crippen LogP contribution is 2.24. The third-order valence-corrected chi connectivity index (χ3v) is 2.76. The van der Waals surface area contributed by atoms with Gasteiger partial charge in [0.25, 0.3) is 5.91 Å².